The zero-order valence-electron chi connectivity index (χ0n) is 15.9. The molecule has 2 unspecified atom stereocenters. The highest BCUT2D eigenvalue weighted by atomic mass is 32.1. The van der Waals surface area contributed by atoms with Crippen LogP contribution < -0.4 is 5.32 Å². The molecule has 0 spiro atoms. The van der Waals surface area contributed by atoms with Gasteiger partial charge in [0, 0.05) is 24.1 Å². The number of piperidine rings is 1. The number of nitrogens with one attached hydrogen (secondary N) is 1. The molecular formula is C20H21FN6OS. The van der Waals surface area contributed by atoms with E-state index in [4.69, 9.17) is 0 Å². The first-order chi connectivity index (χ1) is 14.0. The number of fused-ring (bicyclic) bond motifs is 2. The molecule has 0 amide bonds. The van der Waals surface area contributed by atoms with Crippen LogP contribution in [0.2, 0.25) is 0 Å². The number of aromatic hydroxyl groups is 1. The standard InChI is InChI=1S/C20H21FN6OS/c1-10-9-22-27(26-10)13-4-5-14(17(28)8-13)20-25-24-19(29-20)11(2)15-7-12-3-6-16(23-12)18(15)21/h4-5,8-9,12,15-16,18,23,28H,2-3,6-7H2,1H3/t12?,15-,16?,18-/m1/s1. The van der Waals surface area contributed by atoms with Gasteiger partial charge >= 0.3 is 0 Å². The first-order valence-electron chi connectivity index (χ1n) is 9.65. The molecule has 4 atom stereocenters. The van der Waals surface area contributed by atoms with Gasteiger partial charge in [0.1, 0.15) is 16.9 Å². The van der Waals surface area contributed by atoms with Crippen LogP contribution in [-0.4, -0.2) is 48.6 Å². The van der Waals surface area contributed by atoms with Gasteiger partial charge in [-0.05, 0) is 43.9 Å². The van der Waals surface area contributed by atoms with Crippen LogP contribution in [0.3, 0.4) is 0 Å². The van der Waals surface area contributed by atoms with E-state index in [1.807, 2.05) is 13.0 Å². The van der Waals surface area contributed by atoms with Gasteiger partial charge in [-0.3, -0.25) is 0 Å². The van der Waals surface area contributed by atoms with Crippen LogP contribution in [0.4, 0.5) is 4.39 Å². The number of phenolic OH excluding ortho intramolecular Hbond substituents is 1. The van der Waals surface area contributed by atoms with Crippen LogP contribution in [0.1, 0.15) is 30.0 Å². The molecule has 0 aliphatic carbocycles. The van der Waals surface area contributed by atoms with Gasteiger partial charge in [0.25, 0.3) is 0 Å². The van der Waals surface area contributed by atoms with Gasteiger partial charge < -0.3 is 10.4 Å². The molecule has 2 aliphatic heterocycles. The summed E-state index contributed by atoms with van der Waals surface area (Å²) in [6.45, 7) is 5.99. The molecule has 4 heterocycles. The predicted octanol–water partition coefficient (Wildman–Crippen LogP) is 3.29. The smallest absolute Gasteiger partial charge is 0.151 e. The van der Waals surface area contributed by atoms with Crippen molar-refractivity contribution in [3.8, 4) is 22.0 Å². The molecular weight excluding hydrogens is 391 g/mol. The Bertz CT molecular complexity index is 1080. The lowest BCUT2D eigenvalue weighted by Crippen LogP contribution is -2.47. The molecule has 2 saturated heterocycles. The minimum absolute atomic E-state index is 0.0639. The van der Waals surface area contributed by atoms with Crippen LogP contribution in [0.15, 0.2) is 31.0 Å². The minimum atomic E-state index is -0.952. The van der Waals surface area contributed by atoms with Gasteiger partial charge in [-0.1, -0.05) is 17.9 Å². The lowest BCUT2D eigenvalue weighted by Gasteiger charge is -2.33. The highest BCUT2D eigenvalue weighted by Gasteiger charge is 2.43. The van der Waals surface area contributed by atoms with Gasteiger partial charge in [-0.15, -0.1) is 10.2 Å². The van der Waals surface area contributed by atoms with Gasteiger partial charge in [0.2, 0.25) is 0 Å². The summed E-state index contributed by atoms with van der Waals surface area (Å²) in [7, 11) is 0. The SMILES string of the molecule is C=C(c1nnc(-c2ccc(-n3ncc(C)n3)cc2O)s1)[C@H]1CC2CCC(N2)[C@@H]1F. The Morgan fingerprint density at radius 2 is 2.21 bits per heavy atom. The monoisotopic (exact) mass is 412 g/mol. The summed E-state index contributed by atoms with van der Waals surface area (Å²) in [6, 6.07) is 5.44. The van der Waals surface area contributed by atoms with Crippen molar-refractivity contribution in [1.29, 1.82) is 0 Å². The van der Waals surface area contributed by atoms with Crippen LogP contribution >= 0.6 is 11.3 Å². The Kier molecular flexibility index (Phi) is 4.44. The summed E-state index contributed by atoms with van der Waals surface area (Å²) >= 11 is 1.33. The van der Waals surface area contributed by atoms with Crippen LogP contribution in [0.5, 0.6) is 5.75 Å². The molecule has 2 N–H and O–H groups in total. The number of rotatable bonds is 4. The molecule has 29 heavy (non-hydrogen) atoms. The highest BCUT2D eigenvalue weighted by molar-refractivity contribution is 7.15. The van der Waals surface area contributed by atoms with Gasteiger partial charge in [0.05, 0.1) is 23.1 Å². The maximum absolute atomic E-state index is 14.9. The number of hydrogen-bond acceptors (Lipinski definition) is 7. The van der Waals surface area contributed by atoms with Crippen molar-refractivity contribution in [2.45, 2.75) is 44.4 Å². The first-order valence-corrected chi connectivity index (χ1v) is 10.5. The van der Waals surface area contributed by atoms with Crippen molar-refractivity contribution in [3.63, 3.8) is 0 Å². The van der Waals surface area contributed by atoms with E-state index in [1.165, 1.54) is 16.1 Å². The Morgan fingerprint density at radius 1 is 1.34 bits per heavy atom. The highest BCUT2D eigenvalue weighted by Crippen LogP contribution is 2.42. The topological polar surface area (TPSA) is 88.8 Å². The summed E-state index contributed by atoms with van der Waals surface area (Å²) < 4.78 is 14.9. The van der Waals surface area contributed by atoms with Gasteiger partial charge in [0.15, 0.2) is 5.01 Å². The molecule has 5 rings (SSSR count). The van der Waals surface area contributed by atoms with Crippen LogP contribution in [0, 0.1) is 12.8 Å². The Morgan fingerprint density at radius 3 is 2.97 bits per heavy atom. The predicted molar refractivity (Wildman–Crippen MR) is 109 cm³/mol. The molecule has 3 aromatic rings. The molecule has 2 fully saturated rings. The second-order valence-corrected chi connectivity index (χ2v) is 8.73. The van der Waals surface area contributed by atoms with E-state index < -0.39 is 6.17 Å². The number of aromatic nitrogens is 5. The number of allylic oxidation sites excluding steroid dienone is 1. The second kappa shape index (κ2) is 7.00. The summed E-state index contributed by atoms with van der Waals surface area (Å²) in [6.07, 6.45) is 3.33. The third kappa shape index (κ3) is 3.24. The summed E-state index contributed by atoms with van der Waals surface area (Å²) in [5, 5.41) is 31.9. The second-order valence-electron chi connectivity index (χ2n) is 7.75. The van der Waals surface area contributed by atoms with E-state index >= 15 is 0 Å². The lowest BCUT2D eigenvalue weighted by molar-refractivity contribution is 0.167. The van der Waals surface area contributed by atoms with Gasteiger partial charge in [-0.2, -0.15) is 15.0 Å². The normalized spacial score (nSPS) is 26.0. The van der Waals surface area contributed by atoms with Crippen molar-refractivity contribution in [2.75, 3.05) is 0 Å². The number of phenols is 1. The van der Waals surface area contributed by atoms with E-state index in [9.17, 15) is 9.50 Å². The number of nitrogens with zero attached hydrogens (tertiary/aromatic N) is 5. The molecule has 0 radical (unpaired) electrons. The number of hydrogen-bond donors (Lipinski definition) is 2. The van der Waals surface area contributed by atoms with Crippen molar-refractivity contribution in [3.05, 3.63) is 41.7 Å². The Hall–Kier alpha value is -2.65. The van der Waals surface area contributed by atoms with Gasteiger partial charge in [-0.25, -0.2) is 4.39 Å². The number of aryl methyl sites for hydroxylation is 1. The molecule has 1 aromatic carbocycles. The van der Waals surface area contributed by atoms with Crippen molar-refractivity contribution in [2.24, 2.45) is 5.92 Å². The fraction of sp³-hybridized carbons (Fsp3) is 0.400. The van der Waals surface area contributed by atoms with Crippen molar-refractivity contribution >= 4 is 16.9 Å². The number of benzene rings is 1. The molecule has 9 heteroatoms. The van der Waals surface area contributed by atoms with E-state index in [2.05, 4.69) is 32.3 Å². The summed E-state index contributed by atoms with van der Waals surface area (Å²) in [4.78, 5) is 1.46. The zero-order chi connectivity index (χ0) is 20.1. The fourth-order valence-corrected chi connectivity index (χ4v) is 5.16. The molecule has 150 valence electrons. The third-order valence-corrected chi connectivity index (χ3v) is 6.81. The molecule has 2 aromatic heterocycles. The quantitative estimate of drug-likeness (QED) is 0.684. The molecule has 2 aliphatic rings. The van der Waals surface area contributed by atoms with Crippen LogP contribution in [-0.2, 0) is 0 Å². The summed E-state index contributed by atoms with van der Waals surface area (Å²) in [5.74, 6) is -0.173. The van der Waals surface area contributed by atoms with E-state index in [0.29, 0.717) is 32.9 Å². The Labute approximate surface area is 171 Å². The molecule has 7 nitrogen and oxygen atoms in total. The van der Waals surface area contributed by atoms with E-state index in [-0.39, 0.29) is 17.7 Å². The molecule has 2 bridgehead atoms. The van der Waals surface area contributed by atoms with Crippen LogP contribution in [0.25, 0.3) is 21.8 Å². The Balaban J connectivity index is 1.39. The average Bonchev–Trinajstić information content (AvgIpc) is 3.44. The third-order valence-electron chi connectivity index (χ3n) is 5.78. The fourth-order valence-electron chi connectivity index (χ4n) is 4.25. The minimum Gasteiger partial charge on any atom is -0.507 e. The largest absolute Gasteiger partial charge is 0.507 e. The average molecular weight is 412 g/mol. The summed E-state index contributed by atoms with van der Waals surface area (Å²) in [5.41, 5.74) is 2.71. The van der Waals surface area contributed by atoms with E-state index in [1.54, 1.807) is 18.3 Å². The zero-order valence-corrected chi connectivity index (χ0v) is 16.7. The number of alkyl halides is 1. The van der Waals surface area contributed by atoms with E-state index in [0.717, 1.165) is 25.0 Å². The maximum atomic E-state index is 14.9. The van der Waals surface area contributed by atoms with Crippen molar-refractivity contribution in [1.82, 2.24) is 30.5 Å². The maximum Gasteiger partial charge on any atom is 0.151 e. The molecule has 0 saturated carbocycles. The lowest BCUT2D eigenvalue weighted by atomic mass is 9.85. The van der Waals surface area contributed by atoms with Crippen molar-refractivity contribution < 1.29 is 9.50 Å². The first kappa shape index (κ1) is 18.4. The number of halogens is 1.